The molecule has 0 radical (unpaired) electrons. The van der Waals surface area contributed by atoms with Crippen molar-refractivity contribution in [3.05, 3.63) is 75.2 Å². The Morgan fingerprint density at radius 2 is 2.03 bits per heavy atom. The molecule has 1 saturated heterocycles. The summed E-state index contributed by atoms with van der Waals surface area (Å²) in [4.78, 5) is 37.5. The molecule has 3 aromatic rings. The van der Waals surface area contributed by atoms with Gasteiger partial charge in [-0.1, -0.05) is 12.1 Å². The number of H-pyrrole nitrogens is 1. The van der Waals surface area contributed by atoms with Gasteiger partial charge in [0, 0.05) is 57.4 Å². The smallest absolute Gasteiger partial charge is 0.274 e. The Morgan fingerprint density at radius 1 is 1.21 bits per heavy atom. The third-order valence-electron chi connectivity index (χ3n) is 6.53. The highest BCUT2D eigenvalue weighted by Crippen LogP contribution is 2.27. The van der Waals surface area contributed by atoms with Gasteiger partial charge in [0.05, 0.1) is 12.8 Å². The van der Waals surface area contributed by atoms with Gasteiger partial charge in [-0.05, 0) is 36.6 Å². The van der Waals surface area contributed by atoms with E-state index in [0.29, 0.717) is 37.6 Å². The molecule has 9 heteroatoms. The summed E-state index contributed by atoms with van der Waals surface area (Å²) in [5.41, 5.74) is 3.23. The van der Waals surface area contributed by atoms with Gasteiger partial charge < -0.3 is 14.6 Å². The number of aryl methyl sites for hydroxylation is 1. The highest BCUT2D eigenvalue weighted by molar-refractivity contribution is 5.92. The van der Waals surface area contributed by atoms with Crippen molar-refractivity contribution >= 4 is 5.91 Å². The molecule has 9 nitrogen and oxygen atoms in total. The lowest BCUT2D eigenvalue weighted by atomic mass is 10.0. The number of hydrogen-bond donors (Lipinski definition) is 1. The van der Waals surface area contributed by atoms with Crippen LogP contribution in [0.1, 0.15) is 45.5 Å². The standard InChI is InChI=1S/C24H28N6O3/c1-28-10-9-20(27-28)24(32)30-12-7-17(14-30)22-25-21-15-29(11-8-19(21)23(31)26-22)13-16-3-5-18(33-2)6-4-16/h3-6,9-10,17H,7-8,11-15H2,1-2H3,(H,25,26,31)/t17-/m0/s1. The van der Waals surface area contributed by atoms with Crippen molar-refractivity contribution in [3.8, 4) is 5.75 Å². The van der Waals surface area contributed by atoms with Crippen molar-refractivity contribution in [1.29, 1.82) is 0 Å². The van der Waals surface area contributed by atoms with Crippen LogP contribution in [0.3, 0.4) is 0 Å². The van der Waals surface area contributed by atoms with Crippen LogP contribution in [0.15, 0.2) is 41.3 Å². The van der Waals surface area contributed by atoms with Gasteiger partial charge in [0.25, 0.3) is 11.5 Å². The molecule has 0 saturated carbocycles. The average Bonchev–Trinajstić information content (AvgIpc) is 3.48. The zero-order chi connectivity index (χ0) is 22.9. The number of amides is 1. The molecule has 33 heavy (non-hydrogen) atoms. The number of rotatable bonds is 5. The molecule has 172 valence electrons. The van der Waals surface area contributed by atoms with Crippen LogP contribution in [0, 0.1) is 0 Å². The van der Waals surface area contributed by atoms with Crippen LogP contribution < -0.4 is 10.3 Å². The number of ether oxygens (including phenoxy) is 1. The zero-order valence-corrected chi connectivity index (χ0v) is 19.0. The number of methoxy groups -OCH3 is 1. The summed E-state index contributed by atoms with van der Waals surface area (Å²) in [7, 11) is 3.46. The summed E-state index contributed by atoms with van der Waals surface area (Å²) in [5.74, 6) is 1.46. The van der Waals surface area contributed by atoms with Crippen molar-refractivity contribution in [2.75, 3.05) is 26.7 Å². The molecule has 0 aliphatic carbocycles. The van der Waals surface area contributed by atoms with Crippen molar-refractivity contribution in [1.82, 2.24) is 29.5 Å². The van der Waals surface area contributed by atoms with E-state index >= 15 is 0 Å². The Labute approximate surface area is 192 Å². The Morgan fingerprint density at radius 3 is 2.76 bits per heavy atom. The average molecular weight is 449 g/mol. The van der Waals surface area contributed by atoms with E-state index in [1.165, 1.54) is 5.56 Å². The number of fused-ring (bicyclic) bond motifs is 1. The Balaban J connectivity index is 1.29. The van der Waals surface area contributed by atoms with E-state index in [-0.39, 0.29) is 17.4 Å². The van der Waals surface area contributed by atoms with Gasteiger partial charge in [0.15, 0.2) is 0 Å². The predicted molar refractivity (Wildman–Crippen MR) is 122 cm³/mol. The molecule has 1 atom stereocenters. The van der Waals surface area contributed by atoms with Crippen LogP contribution in [0.4, 0.5) is 0 Å². The van der Waals surface area contributed by atoms with Gasteiger partial charge in [-0.15, -0.1) is 0 Å². The molecule has 2 aromatic heterocycles. The lowest BCUT2D eigenvalue weighted by molar-refractivity contribution is 0.0784. The number of nitrogens with one attached hydrogen (secondary N) is 1. The molecule has 1 fully saturated rings. The monoisotopic (exact) mass is 448 g/mol. The first-order valence-corrected chi connectivity index (χ1v) is 11.3. The highest BCUT2D eigenvalue weighted by Gasteiger charge is 2.31. The first-order valence-electron chi connectivity index (χ1n) is 11.3. The second kappa shape index (κ2) is 8.82. The third kappa shape index (κ3) is 4.41. The lowest BCUT2D eigenvalue weighted by Crippen LogP contribution is -2.36. The number of carbonyl (C=O) groups is 1. The number of hydrogen-bond acceptors (Lipinski definition) is 6. The number of nitrogens with zero attached hydrogens (tertiary/aromatic N) is 5. The summed E-state index contributed by atoms with van der Waals surface area (Å²) in [6.07, 6.45) is 3.22. The van der Waals surface area contributed by atoms with Crippen molar-refractivity contribution < 1.29 is 9.53 Å². The Bertz CT molecular complexity index is 1220. The predicted octanol–water partition coefficient (Wildman–Crippen LogP) is 1.70. The lowest BCUT2D eigenvalue weighted by Gasteiger charge is -2.28. The van der Waals surface area contributed by atoms with Gasteiger partial charge in [-0.25, -0.2) is 4.98 Å². The van der Waals surface area contributed by atoms with E-state index in [2.05, 4.69) is 27.1 Å². The van der Waals surface area contributed by atoms with Crippen LogP contribution in [0.2, 0.25) is 0 Å². The molecule has 2 aliphatic rings. The van der Waals surface area contributed by atoms with Gasteiger partial charge >= 0.3 is 0 Å². The summed E-state index contributed by atoms with van der Waals surface area (Å²) >= 11 is 0. The zero-order valence-electron chi connectivity index (χ0n) is 19.0. The normalized spacial score (nSPS) is 18.4. The molecule has 5 rings (SSSR count). The molecular weight excluding hydrogens is 420 g/mol. The maximum Gasteiger partial charge on any atom is 0.274 e. The van der Waals surface area contributed by atoms with E-state index in [0.717, 1.165) is 36.5 Å². The topological polar surface area (TPSA) is 96.3 Å². The fraction of sp³-hybridized carbons (Fsp3) is 0.417. The Hall–Kier alpha value is -3.46. The van der Waals surface area contributed by atoms with Gasteiger partial charge in [0.2, 0.25) is 0 Å². The van der Waals surface area contributed by atoms with Gasteiger partial charge in [0.1, 0.15) is 17.3 Å². The minimum Gasteiger partial charge on any atom is -0.497 e. The Kier molecular flexibility index (Phi) is 5.72. The van der Waals surface area contributed by atoms with Crippen molar-refractivity contribution in [3.63, 3.8) is 0 Å². The number of likely N-dealkylation sites (tertiary alicyclic amines) is 1. The maximum absolute atomic E-state index is 12.8. The molecular formula is C24H28N6O3. The molecule has 2 aliphatic heterocycles. The molecule has 0 spiro atoms. The third-order valence-corrected chi connectivity index (χ3v) is 6.53. The number of benzene rings is 1. The molecule has 4 heterocycles. The number of carbonyl (C=O) groups excluding carboxylic acids is 1. The van der Waals surface area contributed by atoms with Crippen molar-refractivity contribution in [2.45, 2.75) is 31.8 Å². The fourth-order valence-corrected chi connectivity index (χ4v) is 4.69. The van der Waals surface area contributed by atoms with Crippen LogP contribution in [0.5, 0.6) is 5.75 Å². The van der Waals surface area contributed by atoms with E-state index in [4.69, 9.17) is 9.72 Å². The molecule has 0 unspecified atom stereocenters. The maximum atomic E-state index is 12.8. The summed E-state index contributed by atoms with van der Waals surface area (Å²) < 4.78 is 6.86. The summed E-state index contributed by atoms with van der Waals surface area (Å²) in [6.45, 7) is 3.42. The van der Waals surface area contributed by atoms with E-state index in [9.17, 15) is 9.59 Å². The minimum atomic E-state index is -0.0796. The van der Waals surface area contributed by atoms with E-state index in [1.54, 1.807) is 36.0 Å². The SMILES string of the molecule is COc1ccc(CN2CCc3c(nc([C@H]4CCN(C(=O)c5ccn(C)n5)C4)[nH]c3=O)C2)cc1. The van der Waals surface area contributed by atoms with Crippen LogP contribution in [0.25, 0.3) is 0 Å². The van der Waals surface area contributed by atoms with Crippen LogP contribution in [-0.4, -0.2) is 62.2 Å². The van der Waals surface area contributed by atoms with Gasteiger partial charge in [-0.2, -0.15) is 5.10 Å². The van der Waals surface area contributed by atoms with Crippen LogP contribution in [-0.2, 0) is 26.6 Å². The summed E-state index contributed by atoms with van der Waals surface area (Å²) in [5, 5.41) is 4.22. The quantitative estimate of drug-likeness (QED) is 0.638. The second-order valence-electron chi connectivity index (χ2n) is 8.80. The molecule has 1 amide bonds. The van der Waals surface area contributed by atoms with Crippen LogP contribution >= 0.6 is 0 Å². The fourth-order valence-electron chi connectivity index (χ4n) is 4.69. The highest BCUT2D eigenvalue weighted by atomic mass is 16.5. The molecule has 1 N–H and O–H groups in total. The first-order chi connectivity index (χ1) is 16.0. The molecule has 1 aromatic carbocycles. The first kappa shape index (κ1) is 21.4. The van der Waals surface area contributed by atoms with Crippen molar-refractivity contribution in [2.24, 2.45) is 7.05 Å². The summed E-state index contributed by atoms with van der Waals surface area (Å²) in [6, 6.07) is 9.79. The van der Waals surface area contributed by atoms with E-state index in [1.807, 2.05) is 12.1 Å². The minimum absolute atomic E-state index is 0.0210. The number of aromatic amines is 1. The largest absolute Gasteiger partial charge is 0.497 e. The van der Waals surface area contributed by atoms with E-state index < -0.39 is 0 Å². The second-order valence-corrected chi connectivity index (χ2v) is 8.80. The number of aromatic nitrogens is 4. The molecule has 0 bridgehead atoms. The van der Waals surface area contributed by atoms with Gasteiger partial charge in [-0.3, -0.25) is 19.2 Å².